The number of phenolic OH excluding ortho intramolecular Hbond substituents is 1. The summed E-state index contributed by atoms with van der Waals surface area (Å²) in [5.74, 6) is 1.05. The normalized spacial score (nSPS) is 17.6. The van der Waals surface area contributed by atoms with Gasteiger partial charge in [-0.2, -0.15) is 0 Å². The number of likely N-dealkylation sites (N-methyl/N-ethyl adjacent to an activating group) is 1. The molecule has 4 heteroatoms. The van der Waals surface area contributed by atoms with Crippen LogP contribution in [-0.4, -0.2) is 61.8 Å². The molecule has 19 heavy (non-hydrogen) atoms. The maximum Gasteiger partial charge on any atom is 0.122 e. The quantitative estimate of drug-likeness (QED) is 0.876. The molecule has 1 heterocycles. The van der Waals surface area contributed by atoms with Crippen molar-refractivity contribution in [1.29, 1.82) is 0 Å². The highest BCUT2D eigenvalue weighted by atomic mass is 16.5. The first-order valence-electron chi connectivity index (χ1n) is 6.96. The Hall–Kier alpha value is -1.26. The predicted octanol–water partition coefficient (Wildman–Crippen LogP) is 1.58. The van der Waals surface area contributed by atoms with E-state index in [9.17, 15) is 5.11 Å². The number of ether oxygens (including phenoxy) is 1. The van der Waals surface area contributed by atoms with Crippen LogP contribution in [0, 0.1) is 0 Å². The van der Waals surface area contributed by atoms with E-state index in [1.165, 1.54) is 0 Å². The molecule has 1 aromatic rings. The van der Waals surface area contributed by atoms with Crippen molar-refractivity contribution in [3.8, 4) is 11.5 Å². The Morgan fingerprint density at radius 1 is 1.21 bits per heavy atom. The molecule has 0 atom stereocenters. The average Bonchev–Trinajstić information content (AvgIpc) is 2.42. The number of piperazine rings is 1. The second-order valence-electron chi connectivity index (χ2n) is 5.24. The standard InChI is InChI=1S/C15H24N2O2/c1-16-8-10-17(11-9-16)7-3-4-13-5-6-14(19-2)12-15(13)18/h5-6,12,18H,3-4,7-11H2,1-2H3. The zero-order valence-corrected chi connectivity index (χ0v) is 11.9. The summed E-state index contributed by atoms with van der Waals surface area (Å²) in [5.41, 5.74) is 1.01. The van der Waals surface area contributed by atoms with Gasteiger partial charge in [-0.25, -0.2) is 0 Å². The molecule has 2 rings (SSSR count). The fourth-order valence-electron chi connectivity index (χ4n) is 2.45. The van der Waals surface area contributed by atoms with Crippen LogP contribution in [-0.2, 0) is 6.42 Å². The highest BCUT2D eigenvalue weighted by Crippen LogP contribution is 2.24. The van der Waals surface area contributed by atoms with Gasteiger partial charge in [0.25, 0.3) is 0 Å². The summed E-state index contributed by atoms with van der Waals surface area (Å²) in [6.45, 7) is 5.75. The zero-order chi connectivity index (χ0) is 13.7. The molecular weight excluding hydrogens is 240 g/mol. The van der Waals surface area contributed by atoms with Gasteiger partial charge in [-0.05, 0) is 38.1 Å². The van der Waals surface area contributed by atoms with Crippen molar-refractivity contribution >= 4 is 0 Å². The van der Waals surface area contributed by atoms with Crippen molar-refractivity contribution in [1.82, 2.24) is 9.80 Å². The van der Waals surface area contributed by atoms with E-state index in [0.29, 0.717) is 11.5 Å². The lowest BCUT2D eigenvalue weighted by Crippen LogP contribution is -2.44. The van der Waals surface area contributed by atoms with Crippen LogP contribution in [0.15, 0.2) is 18.2 Å². The summed E-state index contributed by atoms with van der Waals surface area (Å²) < 4.78 is 5.09. The fourth-order valence-corrected chi connectivity index (χ4v) is 2.45. The van der Waals surface area contributed by atoms with Crippen molar-refractivity contribution in [2.45, 2.75) is 12.8 Å². The van der Waals surface area contributed by atoms with Gasteiger partial charge in [-0.1, -0.05) is 6.07 Å². The van der Waals surface area contributed by atoms with Crippen LogP contribution >= 0.6 is 0 Å². The first-order chi connectivity index (χ1) is 9.19. The summed E-state index contributed by atoms with van der Waals surface area (Å²) in [6.07, 6.45) is 2.01. The van der Waals surface area contributed by atoms with Gasteiger partial charge < -0.3 is 19.6 Å². The smallest absolute Gasteiger partial charge is 0.122 e. The molecule has 1 aliphatic heterocycles. The number of hydrogen-bond acceptors (Lipinski definition) is 4. The van der Waals surface area contributed by atoms with Crippen LogP contribution in [0.2, 0.25) is 0 Å². The van der Waals surface area contributed by atoms with E-state index in [1.807, 2.05) is 12.1 Å². The van der Waals surface area contributed by atoms with E-state index in [4.69, 9.17) is 4.74 Å². The molecule has 0 spiro atoms. The average molecular weight is 264 g/mol. The molecule has 1 aromatic carbocycles. The third-order valence-electron chi connectivity index (χ3n) is 3.81. The van der Waals surface area contributed by atoms with E-state index in [2.05, 4.69) is 16.8 Å². The van der Waals surface area contributed by atoms with Crippen molar-refractivity contribution < 1.29 is 9.84 Å². The maximum atomic E-state index is 9.89. The summed E-state index contributed by atoms with van der Waals surface area (Å²) in [6, 6.07) is 5.55. The van der Waals surface area contributed by atoms with E-state index in [-0.39, 0.29) is 0 Å². The number of hydrogen-bond donors (Lipinski definition) is 1. The molecule has 1 saturated heterocycles. The number of benzene rings is 1. The summed E-state index contributed by atoms with van der Waals surface area (Å²) in [4.78, 5) is 4.87. The number of aryl methyl sites for hydroxylation is 1. The van der Waals surface area contributed by atoms with Crippen LogP contribution in [0.1, 0.15) is 12.0 Å². The van der Waals surface area contributed by atoms with Gasteiger partial charge in [0.15, 0.2) is 0 Å². The van der Waals surface area contributed by atoms with E-state index in [1.54, 1.807) is 13.2 Å². The maximum absolute atomic E-state index is 9.89. The third-order valence-corrected chi connectivity index (χ3v) is 3.81. The summed E-state index contributed by atoms with van der Waals surface area (Å²) >= 11 is 0. The predicted molar refractivity (Wildman–Crippen MR) is 76.9 cm³/mol. The largest absolute Gasteiger partial charge is 0.508 e. The van der Waals surface area contributed by atoms with Crippen molar-refractivity contribution in [3.63, 3.8) is 0 Å². The zero-order valence-electron chi connectivity index (χ0n) is 11.9. The molecule has 0 amide bonds. The van der Waals surface area contributed by atoms with Crippen molar-refractivity contribution in [2.75, 3.05) is 46.9 Å². The van der Waals surface area contributed by atoms with Crippen LogP contribution < -0.4 is 4.74 Å². The molecule has 106 valence electrons. The van der Waals surface area contributed by atoms with Gasteiger partial charge in [0.1, 0.15) is 11.5 Å². The van der Waals surface area contributed by atoms with Crippen molar-refractivity contribution in [2.24, 2.45) is 0 Å². The van der Waals surface area contributed by atoms with Gasteiger partial charge in [-0.15, -0.1) is 0 Å². The van der Waals surface area contributed by atoms with Gasteiger partial charge in [0, 0.05) is 32.2 Å². The highest BCUT2D eigenvalue weighted by molar-refractivity contribution is 5.39. The molecular formula is C15H24N2O2. The third kappa shape index (κ3) is 4.11. The van der Waals surface area contributed by atoms with Crippen LogP contribution in [0.3, 0.4) is 0 Å². The Labute approximate surface area is 115 Å². The molecule has 0 aromatic heterocycles. The SMILES string of the molecule is COc1ccc(CCCN2CCN(C)CC2)c(O)c1. The van der Waals surface area contributed by atoms with Crippen LogP contribution in [0.4, 0.5) is 0 Å². The molecule has 0 unspecified atom stereocenters. The monoisotopic (exact) mass is 264 g/mol. The Balaban J connectivity index is 1.76. The number of phenols is 1. The molecule has 4 nitrogen and oxygen atoms in total. The lowest BCUT2D eigenvalue weighted by atomic mass is 10.1. The van der Waals surface area contributed by atoms with Gasteiger partial charge in [0.2, 0.25) is 0 Å². The molecule has 0 bridgehead atoms. The summed E-state index contributed by atoms with van der Waals surface area (Å²) in [7, 11) is 3.79. The minimum Gasteiger partial charge on any atom is -0.508 e. The highest BCUT2D eigenvalue weighted by Gasteiger charge is 2.13. The topological polar surface area (TPSA) is 35.9 Å². The Kier molecular flexibility index (Phi) is 5.05. The van der Waals surface area contributed by atoms with Gasteiger partial charge >= 0.3 is 0 Å². The van der Waals surface area contributed by atoms with Gasteiger partial charge in [0.05, 0.1) is 7.11 Å². The summed E-state index contributed by atoms with van der Waals surface area (Å²) in [5, 5.41) is 9.89. The molecule has 1 aliphatic rings. The molecule has 0 aliphatic carbocycles. The number of methoxy groups -OCH3 is 1. The molecule has 1 fully saturated rings. The lowest BCUT2D eigenvalue weighted by Gasteiger charge is -2.32. The van der Waals surface area contributed by atoms with Crippen LogP contribution in [0.5, 0.6) is 11.5 Å². The van der Waals surface area contributed by atoms with E-state index in [0.717, 1.165) is 51.1 Å². The van der Waals surface area contributed by atoms with E-state index >= 15 is 0 Å². The Bertz CT molecular complexity index is 401. The Morgan fingerprint density at radius 2 is 1.95 bits per heavy atom. The number of aromatic hydroxyl groups is 1. The second kappa shape index (κ2) is 6.78. The molecule has 1 N–H and O–H groups in total. The first-order valence-corrected chi connectivity index (χ1v) is 6.96. The number of rotatable bonds is 5. The van der Waals surface area contributed by atoms with Crippen LogP contribution in [0.25, 0.3) is 0 Å². The number of nitrogens with zero attached hydrogens (tertiary/aromatic N) is 2. The molecule has 0 radical (unpaired) electrons. The lowest BCUT2D eigenvalue weighted by molar-refractivity contribution is 0.153. The van der Waals surface area contributed by atoms with Gasteiger partial charge in [-0.3, -0.25) is 0 Å². The minimum atomic E-state index is 0.345. The Morgan fingerprint density at radius 3 is 2.58 bits per heavy atom. The first kappa shape index (κ1) is 14.2. The minimum absolute atomic E-state index is 0.345. The molecule has 0 saturated carbocycles. The second-order valence-corrected chi connectivity index (χ2v) is 5.24. The van der Waals surface area contributed by atoms with E-state index < -0.39 is 0 Å². The fraction of sp³-hybridized carbons (Fsp3) is 0.600. The van der Waals surface area contributed by atoms with Crippen molar-refractivity contribution in [3.05, 3.63) is 23.8 Å².